The van der Waals surface area contributed by atoms with Crippen molar-refractivity contribution in [2.75, 3.05) is 0 Å². The first kappa shape index (κ1) is 22.3. The van der Waals surface area contributed by atoms with Crippen molar-refractivity contribution < 1.29 is 4.79 Å². The Bertz CT molecular complexity index is 1200. The van der Waals surface area contributed by atoms with Crippen molar-refractivity contribution in [2.24, 2.45) is 0 Å². The molecule has 164 valence electrons. The summed E-state index contributed by atoms with van der Waals surface area (Å²) in [5.41, 5.74) is 3.37. The minimum absolute atomic E-state index is 0.0628. The van der Waals surface area contributed by atoms with Gasteiger partial charge in [-0.2, -0.15) is 0 Å². The number of carbonyl (C=O) groups excluding carboxylic acids is 1. The van der Waals surface area contributed by atoms with E-state index in [1.165, 1.54) is 0 Å². The third-order valence-electron chi connectivity index (χ3n) is 5.41. The number of rotatable bonds is 8. The second kappa shape index (κ2) is 10.2. The van der Waals surface area contributed by atoms with Crippen molar-refractivity contribution in [2.45, 2.75) is 38.8 Å². The van der Waals surface area contributed by atoms with Crippen LogP contribution in [0.4, 0.5) is 0 Å². The van der Waals surface area contributed by atoms with E-state index in [2.05, 4.69) is 17.2 Å². The molecule has 0 aliphatic rings. The highest BCUT2D eigenvalue weighted by atomic mass is 35.5. The summed E-state index contributed by atoms with van der Waals surface area (Å²) in [5, 5.41) is 4.22. The van der Waals surface area contributed by atoms with Crippen LogP contribution in [0.3, 0.4) is 0 Å². The average Bonchev–Trinajstić information content (AvgIpc) is 3.17. The van der Waals surface area contributed by atoms with Crippen molar-refractivity contribution in [1.29, 1.82) is 0 Å². The third-order valence-corrected chi connectivity index (χ3v) is 6.12. The number of fused-ring (bicyclic) bond motifs is 1. The number of aromatic nitrogens is 3. The van der Waals surface area contributed by atoms with Crippen LogP contribution in [0.5, 0.6) is 0 Å². The van der Waals surface area contributed by atoms with Crippen molar-refractivity contribution >= 4 is 40.1 Å². The molecule has 0 radical (unpaired) electrons. The lowest BCUT2D eigenvalue weighted by atomic mass is 10.1. The van der Waals surface area contributed by atoms with E-state index < -0.39 is 6.04 Å². The highest BCUT2D eigenvalue weighted by Crippen LogP contribution is 2.30. The normalized spacial score (nSPS) is 12.1. The second-order valence-electron chi connectivity index (χ2n) is 7.61. The van der Waals surface area contributed by atoms with Crippen molar-refractivity contribution in [3.63, 3.8) is 0 Å². The SMILES string of the molecule is CCC[C@H](C(=O)NCc1ccccn1)n1c(Cc2c(Cl)cccc2Cl)nc2ccccc21. The van der Waals surface area contributed by atoms with E-state index in [-0.39, 0.29) is 5.91 Å². The highest BCUT2D eigenvalue weighted by Gasteiger charge is 2.25. The Kier molecular flexibility index (Phi) is 7.08. The Hall–Kier alpha value is -2.89. The van der Waals surface area contributed by atoms with Gasteiger partial charge in [0.1, 0.15) is 11.9 Å². The van der Waals surface area contributed by atoms with Crippen molar-refractivity contribution in [3.8, 4) is 0 Å². The lowest BCUT2D eigenvalue weighted by molar-refractivity contribution is -0.124. The Labute approximate surface area is 197 Å². The van der Waals surface area contributed by atoms with Gasteiger partial charge in [0.2, 0.25) is 5.91 Å². The Balaban J connectivity index is 1.72. The van der Waals surface area contributed by atoms with Crippen LogP contribution >= 0.6 is 23.2 Å². The molecule has 2 aromatic carbocycles. The predicted molar refractivity (Wildman–Crippen MR) is 129 cm³/mol. The van der Waals surface area contributed by atoms with Gasteiger partial charge in [-0.1, -0.05) is 60.8 Å². The summed E-state index contributed by atoms with van der Waals surface area (Å²) in [6, 6.07) is 18.6. The summed E-state index contributed by atoms with van der Waals surface area (Å²) in [7, 11) is 0. The van der Waals surface area contributed by atoms with Crippen LogP contribution in [0, 0.1) is 0 Å². The molecular formula is C25H24Cl2N4O. The Morgan fingerprint density at radius 2 is 1.78 bits per heavy atom. The molecule has 0 saturated carbocycles. The number of carbonyl (C=O) groups is 1. The van der Waals surface area contributed by atoms with Crippen LogP contribution in [-0.4, -0.2) is 20.4 Å². The van der Waals surface area contributed by atoms with Crippen molar-refractivity contribution in [1.82, 2.24) is 19.9 Å². The molecule has 1 amide bonds. The lowest BCUT2D eigenvalue weighted by Crippen LogP contribution is -2.33. The zero-order chi connectivity index (χ0) is 22.5. The molecule has 4 aromatic rings. The van der Waals surface area contributed by atoms with Crippen LogP contribution in [-0.2, 0) is 17.8 Å². The molecule has 0 saturated heterocycles. The molecule has 2 heterocycles. The molecule has 0 aliphatic heterocycles. The van der Waals surface area contributed by atoms with Gasteiger partial charge >= 0.3 is 0 Å². The van der Waals surface area contributed by atoms with Gasteiger partial charge in [-0.3, -0.25) is 9.78 Å². The molecule has 0 unspecified atom stereocenters. The minimum atomic E-state index is -0.410. The Morgan fingerprint density at radius 3 is 2.50 bits per heavy atom. The second-order valence-corrected chi connectivity index (χ2v) is 8.42. The third kappa shape index (κ3) is 4.79. The summed E-state index contributed by atoms with van der Waals surface area (Å²) >= 11 is 12.9. The van der Waals surface area contributed by atoms with E-state index in [4.69, 9.17) is 28.2 Å². The fourth-order valence-electron chi connectivity index (χ4n) is 3.88. The molecule has 32 heavy (non-hydrogen) atoms. The van der Waals surface area contributed by atoms with E-state index in [0.29, 0.717) is 29.4 Å². The van der Waals surface area contributed by atoms with E-state index >= 15 is 0 Å². The fourth-order valence-corrected chi connectivity index (χ4v) is 4.41. The van der Waals surface area contributed by atoms with Gasteiger partial charge in [0.25, 0.3) is 0 Å². The number of benzene rings is 2. The average molecular weight is 467 g/mol. The van der Waals surface area contributed by atoms with Gasteiger partial charge in [-0.15, -0.1) is 0 Å². The van der Waals surface area contributed by atoms with Crippen LogP contribution in [0.15, 0.2) is 66.9 Å². The zero-order valence-electron chi connectivity index (χ0n) is 17.8. The van der Waals surface area contributed by atoms with Crippen molar-refractivity contribution in [3.05, 3.63) is 94.0 Å². The summed E-state index contributed by atoms with van der Waals surface area (Å²) in [5.74, 6) is 0.694. The largest absolute Gasteiger partial charge is 0.349 e. The molecule has 1 atom stereocenters. The minimum Gasteiger partial charge on any atom is -0.349 e. The van der Waals surface area contributed by atoms with Gasteiger partial charge in [-0.25, -0.2) is 4.98 Å². The van der Waals surface area contributed by atoms with Gasteiger partial charge in [0.05, 0.1) is 23.3 Å². The molecule has 5 nitrogen and oxygen atoms in total. The lowest BCUT2D eigenvalue weighted by Gasteiger charge is -2.21. The van der Waals surface area contributed by atoms with Crippen LogP contribution in [0.2, 0.25) is 10.0 Å². The summed E-state index contributed by atoms with van der Waals surface area (Å²) in [4.78, 5) is 22.5. The highest BCUT2D eigenvalue weighted by molar-refractivity contribution is 6.36. The van der Waals surface area contributed by atoms with Gasteiger partial charge in [-0.05, 0) is 48.4 Å². The van der Waals surface area contributed by atoms with E-state index in [0.717, 1.165) is 34.5 Å². The van der Waals surface area contributed by atoms with Crippen LogP contribution in [0.1, 0.15) is 42.9 Å². The molecule has 1 N–H and O–H groups in total. The predicted octanol–water partition coefficient (Wildman–Crippen LogP) is 5.99. The number of amides is 1. The number of hydrogen-bond acceptors (Lipinski definition) is 3. The van der Waals surface area contributed by atoms with Gasteiger partial charge in [0.15, 0.2) is 0 Å². The van der Waals surface area contributed by atoms with E-state index in [9.17, 15) is 4.79 Å². The first-order valence-corrected chi connectivity index (χ1v) is 11.4. The number of pyridine rings is 1. The molecular weight excluding hydrogens is 443 g/mol. The monoisotopic (exact) mass is 466 g/mol. The smallest absolute Gasteiger partial charge is 0.243 e. The first-order valence-electron chi connectivity index (χ1n) is 10.6. The molecule has 0 bridgehead atoms. The number of imidazole rings is 1. The maximum Gasteiger partial charge on any atom is 0.243 e. The van der Waals surface area contributed by atoms with Gasteiger partial charge in [0, 0.05) is 22.7 Å². The molecule has 7 heteroatoms. The molecule has 0 aliphatic carbocycles. The molecule has 4 rings (SSSR count). The number of hydrogen-bond donors (Lipinski definition) is 1. The summed E-state index contributed by atoms with van der Waals surface area (Å²) < 4.78 is 2.03. The summed E-state index contributed by atoms with van der Waals surface area (Å²) in [6.07, 6.45) is 3.68. The van der Waals surface area contributed by atoms with Crippen LogP contribution in [0.25, 0.3) is 11.0 Å². The zero-order valence-corrected chi connectivity index (χ0v) is 19.3. The molecule has 0 spiro atoms. The van der Waals surface area contributed by atoms with E-state index in [1.54, 1.807) is 6.20 Å². The maximum absolute atomic E-state index is 13.3. The number of nitrogens with zero attached hydrogens (tertiary/aromatic N) is 3. The topological polar surface area (TPSA) is 59.8 Å². The molecule has 2 aromatic heterocycles. The first-order chi connectivity index (χ1) is 15.6. The number of para-hydroxylation sites is 2. The standard InChI is InChI=1S/C25H24Cl2N4O/c1-2-8-23(25(32)29-16-17-9-5-6-14-28-17)31-22-13-4-3-12-21(22)30-24(31)15-18-19(26)10-7-11-20(18)27/h3-7,9-14,23H,2,8,15-16H2,1H3,(H,29,32)/t23-/m1/s1. The molecule has 0 fully saturated rings. The summed E-state index contributed by atoms with van der Waals surface area (Å²) in [6.45, 7) is 2.45. The fraction of sp³-hybridized carbons (Fsp3) is 0.240. The maximum atomic E-state index is 13.3. The number of halogens is 2. The van der Waals surface area contributed by atoms with Gasteiger partial charge < -0.3 is 9.88 Å². The quantitative estimate of drug-likeness (QED) is 0.347. The Morgan fingerprint density at radius 1 is 1.03 bits per heavy atom. The van der Waals surface area contributed by atoms with Crippen LogP contribution < -0.4 is 5.32 Å². The van der Waals surface area contributed by atoms with E-state index in [1.807, 2.05) is 65.2 Å². The number of nitrogens with one attached hydrogen (secondary N) is 1.